The lowest BCUT2D eigenvalue weighted by molar-refractivity contribution is -0.192. The van der Waals surface area contributed by atoms with Crippen molar-refractivity contribution in [3.63, 3.8) is 0 Å². The summed E-state index contributed by atoms with van der Waals surface area (Å²) in [4.78, 5) is 8.90. The molecule has 0 aromatic heterocycles. The van der Waals surface area contributed by atoms with Gasteiger partial charge in [0.1, 0.15) is 0 Å². The van der Waals surface area contributed by atoms with E-state index in [4.69, 9.17) is 20.7 Å². The highest BCUT2D eigenvalue weighted by molar-refractivity contribution is 5.73. The number of aliphatic hydroxyl groups excluding tert-OH is 1. The standard InChI is InChI=1S/C7H13F2NO.C2HF3O2/c8-7(9)4-2-1-3-5(11)6(7)10;3-2(4,5)1(6)7/h5-6,11H,1-4,10H2;(H,6,7)/t5-,6+;/m1./s1. The number of alkyl halides is 5. The van der Waals surface area contributed by atoms with E-state index in [9.17, 15) is 22.0 Å². The number of carbonyl (C=O) groups is 1. The van der Waals surface area contributed by atoms with Crippen LogP contribution < -0.4 is 5.73 Å². The Hall–Kier alpha value is -0.960. The molecule has 1 saturated carbocycles. The predicted octanol–water partition coefficient (Wildman–Crippen LogP) is 1.52. The SMILES string of the molecule is N[C@H]1[C@H](O)CCCCC1(F)F.O=C(O)C(F)(F)F. The van der Waals surface area contributed by atoms with Crippen LogP contribution in [0, 0.1) is 0 Å². The number of halogens is 5. The molecule has 0 aliphatic heterocycles. The van der Waals surface area contributed by atoms with Crippen LogP contribution in [0.2, 0.25) is 0 Å². The first-order chi connectivity index (χ1) is 7.98. The molecule has 9 heteroatoms. The van der Waals surface area contributed by atoms with Gasteiger partial charge in [0.25, 0.3) is 5.92 Å². The third-order valence-electron chi connectivity index (χ3n) is 2.40. The molecule has 18 heavy (non-hydrogen) atoms. The fraction of sp³-hybridized carbons (Fsp3) is 0.889. The Morgan fingerprint density at radius 2 is 1.72 bits per heavy atom. The molecule has 1 rings (SSSR count). The van der Waals surface area contributed by atoms with Crippen molar-refractivity contribution in [3.05, 3.63) is 0 Å². The van der Waals surface area contributed by atoms with Crippen molar-refractivity contribution in [2.45, 2.75) is 49.9 Å². The summed E-state index contributed by atoms with van der Waals surface area (Å²) in [5.41, 5.74) is 5.16. The molecule has 4 nitrogen and oxygen atoms in total. The Balaban J connectivity index is 0.000000360. The molecule has 1 aliphatic carbocycles. The maximum atomic E-state index is 12.8. The summed E-state index contributed by atoms with van der Waals surface area (Å²) in [5, 5.41) is 16.2. The summed E-state index contributed by atoms with van der Waals surface area (Å²) in [6.45, 7) is 0. The van der Waals surface area contributed by atoms with Gasteiger partial charge in [0.05, 0.1) is 12.1 Å². The van der Waals surface area contributed by atoms with Gasteiger partial charge in [-0.3, -0.25) is 0 Å². The van der Waals surface area contributed by atoms with E-state index in [1.807, 2.05) is 0 Å². The van der Waals surface area contributed by atoms with Gasteiger partial charge in [-0.05, 0) is 12.8 Å². The second-order valence-corrected chi connectivity index (χ2v) is 3.90. The lowest BCUT2D eigenvalue weighted by Gasteiger charge is -2.23. The Kier molecular flexibility index (Phi) is 5.94. The summed E-state index contributed by atoms with van der Waals surface area (Å²) < 4.78 is 57.4. The Bertz CT molecular complexity index is 282. The van der Waals surface area contributed by atoms with Crippen molar-refractivity contribution in [2.75, 3.05) is 0 Å². The molecule has 0 radical (unpaired) electrons. The molecule has 0 heterocycles. The van der Waals surface area contributed by atoms with Gasteiger partial charge in [-0.25, -0.2) is 13.6 Å². The topological polar surface area (TPSA) is 83.5 Å². The molecule has 0 amide bonds. The molecule has 1 aliphatic rings. The molecular formula is C9H14F5NO3. The smallest absolute Gasteiger partial charge is 0.475 e. The highest BCUT2D eigenvalue weighted by Crippen LogP contribution is 2.31. The first-order valence-corrected chi connectivity index (χ1v) is 5.10. The van der Waals surface area contributed by atoms with E-state index in [1.54, 1.807) is 0 Å². The van der Waals surface area contributed by atoms with Crippen molar-refractivity contribution in [1.82, 2.24) is 0 Å². The van der Waals surface area contributed by atoms with Gasteiger partial charge in [0.15, 0.2) is 0 Å². The van der Waals surface area contributed by atoms with E-state index in [1.165, 1.54) is 0 Å². The summed E-state index contributed by atoms with van der Waals surface area (Å²) in [7, 11) is 0. The van der Waals surface area contributed by atoms with Crippen LogP contribution in [-0.2, 0) is 4.79 Å². The van der Waals surface area contributed by atoms with Crippen LogP contribution in [0.5, 0.6) is 0 Å². The van der Waals surface area contributed by atoms with E-state index in [0.717, 1.165) is 0 Å². The molecule has 4 N–H and O–H groups in total. The van der Waals surface area contributed by atoms with Gasteiger partial charge in [-0.1, -0.05) is 6.42 Å². The summed E-state index contributed by atoms with van der Waals surface area (Å²) in [5.74, 6) is -5.64. The minimum Gasteiger partial charge on any atom is -0.475 e. The van der Waals surface area contributed by atoms with Crippen LogP contribution in [0.3, 0.4) is 0 Å². The fourth-order valence-electron chi connectivity index (χ4n) is 1.34. The minimum absolute atomic E-state index is 0.189. The second-order valence-electron chi connectivity index (χ2n) is 3.90. The Morgan fingerprint density at radius 3 is 2.11 bits per heavy atom. The first kappa shape index (κ1) is 17.0. The quantitative estimate of drug-likeness (QED) is 0.463. The van der Waals surface area contributed by atoms with Crippen molar-refractivity contribution in [2.24, 2.45) is 5.73 Å². The molecule has 0 aromatic carbocycles. The predicted molar refractivity (Wildman–Crippen MR) is 51.1 cm³/mol. The van der Waals surface area contributed by atoms with Crippen molar-refractivity contribution in [1.29, 1.82) is 0 Å². The van der Waals surface area contributed by atoms with Crippen LogP contribution in [-0.4, -0.2) is 40.4 Å². The lowest BCUT2D eigenvalue weighted by atomic mass is 10.0. The molecular weight excluding hydrogens is 265 g/mol. The average Bonchev–Trinajstić information content (AvgIpc) is 2.31. The number of nitrogens with two attached hydrogens (primary N) is 1. The normalized spacial score (nSPS) is 27.7. The summed E-state index contributed by atoms with van der Waals surface area (Å²) in [6.07, 6.45) is -4.81. The Labute approximate surface area is 99.6 Å². The van der Waals surface area contributed by atoms with E-state index in [-0.39, 0.29) is 6.42 Å². The zero-order chi connectivity index (χ0) is 14.6. The maximum absolute atomic E-state index is 12.8. The van der Waals surface area contributed by atoms with Crippen LogP contribution >= 0.6 is 0 Å². The van der Waals surface area contributed by atoms with Crippen LogP contribution in [0.25, 0.3) is 0 Å². The van der Waals surface area contributed by atoms with E-state index in [2.05, 4.69) is 0 Å². The molecule has 0 saturated heterocycles. The van der Waals surface area contributed by atoms with Gasteiger partial charge >= 0.3 is 12.1 Å². The third-order valence-corrected chi connectivity index (χ3v) is 2.40. The average molecular weight is 279 g/mol. The Morgan fingerprint density at radius 1 is 1.28 bits per heavy atom. The number of carboxylic acid groups (broad SMARTS) is 1. The van der Waals surface area contributed by atoms with E-state index >= 15 is 0 Å². The number of aliphatic carboxylic acids is 1. The van der Waals surface area contributed by atoms with Crippen LogP contribution in [0.4, 0.5) is 22.0 Å². The summed E-state index contributed by atoms with van der Waals surface area (Å²) >= 11 is 0. The zero-order valence-electron chi connectivity index (χ0n) is 9.25. The minimum atomic E-state index is -5.08. The fourth-order valence-corrected chi connectivity index (χ4v) is 1.34. The highest BCUT2D eigenvalue weighted by atomic mass is 19.4. The third kappa shape index (κ3) is 5.58. The monoisotopic (exact) mass is 279 g/mol. The number of hydrogen-bond donors (Lipinski definition) is 3. The molecule has 0 unspecified atom stereocenters. The van der Waals surface area contributed by atoms with Gasteiger partial charge in [-0.15, -0.1) is 0 Å². The van der Waals surface area contributed by atoms with Gasteiger partial charge in [0.2, 0.25) is 0 Å². The largest absolute Gasteiger partial charge is 0.490 e. The van der Waals surface area contributed by atoms with Gasteiger partial charge in [-0.2, -0.15) is 13.2 Å². The maximum Gasteiger partial charge on any atom is 0.490 e. The van der Waals surface area contributed by atoms with Crippen LogP contribution in [0.1, 0.15) is 25.7 Å². The van der Waals surface area contributed by atoms with Crippen molar-refractivity contribution >= 4 is 5.97 Å². The molecule has 108 valence electrons. The van der Waals surface area contributed by atoms with Gasteiger partial charge in [0, 0.05) is 6.42 Å². The zero-order valence-corrected chi connectivity index (χ0v) is 9.25. The van der Waals surface area contributed by atoms with Crippen molar-refractivity contribution in [3.8, 4) is 0 Å². The molecule has 0 spiro atoms. The lowest BCUT2D eigenvalue weighted by Crippen LogP contribution is -2.48. The number of hydrogen-bond acceptors (Lipinski definition) is 3. The summed E-state index contributed by atoms with van der Waals surface area (Å²) in [6, 6.07) is -1.37. The number of rotatable bonds is 0. The molecule has 0 aromatic rings. The molecule has 2 atom stereocenters. The highest BCUT2D eigenvalue weighted by Gasteiger charge is 2.42. The number of carboxylic acids is 1. The molecule has 0 bridgehead atoms. The number of aliphatic hydroxyl groups is 1. The van der Waals surface area contributed by atoms with Crippen LogP contribution in [0.15, 0.2) is 0 Å². The second kappa shape index (κ2) is 6.28. The van der Waals surface area contributed by atoms with E-state index in [0.29, 0.717) is 19.3 Å². The van der Waals surface area contributed by atoms with E-state index < -0.39 is 30.2 Å². The van der Waals surface area contributed by atoms with Crippen molar-refractivity contribution < 1.29 is 37.0 Å². The molecule has 1 fully saturated rings. The first-order valence-electron chi connectivity index (χ1n) is 5.10. The van der Waals surface area contributed by atoms with Gasteiger partial charge < -0.3 is 15.9 Å².